The topological polar surface area (TPSA) is 67.2 Å². The lowest BCUT2D eigenvalue weighted by Gasteiger charge is -2.35. The minimum Gasteiger partial charge on any atom is -0.391 e. The van der Waals surface area contributed by atoms with Crippen molar-refractivity contribution in [2.24, 2.45) is 5.73 Å². The van der Waals surface area contributed by atoms with Gasteiger partial charge < -0.3 is 16.4 Å². The van der Waals surface area contributed by atoms with Crippen LogP contribution in [-0.2, 0) is 0 Å². The summed E-state index contributed by atoms with van der Waals surface area (Å²) in [6.07, 6.45) is 9.61. The summed E-state index contributed by atoms with van der Waals surface area (Å²) >= 11 is 5.22. The summed E-state index contributed by atoms with van der Waals surface area (Å²) < 4.78 is 0. The predicted molar refractivity (Wildman–Crippen MR) is 83.3 cm³/mol. The Labute approximate surface area is 121 Å². The summed E-state index contributed by atoms with van der Waals surface area (Å²) in [6, 6.07) is -0.137. The van der Waals surface area contributed by atoms with Crippen LogP contribution in [0.25, 0.3) is 0 Å². The molecule has 0 heterocycles. The summed E-state index contributed by atoms with van der Waals surface area (Å²) in [7, 11) is 0. The summed E-state index contributed by atoms with van der Waals surface area (Å²) in [5, 5.41) is 5.92. The second-order valence-electron chi connectivity index (χ2n) is 5.45. The van der Waals surface area contributed by atoms with E-state index in [1.807, 2.05) is 0 Å². The van der Waals surface area contributed by atoms with E-state index >= 15 is 0 Å². The Bertz CT molecular complexity index is 299. The minimum absolute atomic E-state index is 0.137. The van der Waals surface area contributed by atoms with Crippen molar-refractivity contribution < 1.29 is 4.79 Å². The van der Waals surface area contributed by atoms with Crippen molar-refractivity contribution in [3.05, 3.63) is 0 Å². The number of unbranched alkanes of at least 4 members (excludes halogenated alkanes) is 1. The zero-order chi connectivity index (χ0) is 14.1. The molecule has 2 amide bonds. The van der Waals surface area contributed by atoms with Gasteiger partial charge in [-0.15, -0.1) is 0 Å². The highest BCUT2D eigenvalue weighted by atomic mass is 32.1. The fourth-order valence-corrected chi connectivity index (χ4v) is 2.84. The van der Waals surface area contributed by atoms with Gasteiger partial charge in [0, 0.05) is 6.54 Å². The molecule has 19 heavy (non-hydrogen) atoms. The zero-order valence-electron chi connectivity index (χ0n) is 12.0. The highest BCUT2D eigenvalue weighted by Gasteiger charge is 2.34. The molecule has 1 aliphatic carbocycles. The standard InChI is InChI=1S/C14H27N3OS/c1-2-3-11-16-13(18)17-14(12(15)19)9-7-5-4-6-8-10-14/h2-11H2,1H3,(H2,15,19)(H2,16,17,18). The van der Waals surface area contributed by atoms with Crippen molar-refractivity contribution in [3.63, 3.8) is 0 Å². The maximum atomic E-state index is 12.0. The first-order valence-corrected chi connectivity index (χ1v) is 7.87. The molecule has 0 unspecified atom stereocenters. The van der Waals surface area contributed by atoms with E-state index in [9.17, 15) is 4.79 Å². The van der Waals surface area contributed by atoms with E-state index in [0.717, 1.165) is 38.5 Å². The van der Waals surface area contributed by atoms with Crippen molar-refractivity contribution in [1.29, 1.82) is 0 Å². The first-order valence-electron chi connectivity index (χ1n) is 7.46. The largest absolute Gasteiger partial charge is 0.391 e. The molecule has 1 aliphatic rings. The Morgan fingerprint density at radius 2 is 1.79 bits per heavy atom. The van der Waals surface area contributed by atoms with Crippen LogP contribution < -0.4 is 16.4 Å². The molecule has 0 aromatic heterocycles. The van der Waals surface area contributed by atoms with Gasteiger partial charge in [0.25, 0.3) is 0 Å². The molecular weight excluding hydrogens is 258 g/mol. The molecule has 1 saturated carbocycles. The average molecular weight is 285 g/mol. The Morgan fingerprint density at radius 1 is 1.21 bits per heavy atom. The van der Waals surface area contributed by atoms with Crippen LogP contribution in [0, 0.1) is 0 Å². The normalized spacial score (nSPS) is 19.0. The third-order valence-corrected chi connectivity index (χ3v) is 4.24. The summed E-state index contributed by atoms with van der Waals surface area (Å²) in [5.41, 5.74) is 5.43. The molecule has 0 aromatic rings. The Kier molecular flexibility index (Phi) is 7.13. The molecule has 0 bridgehead atoms. The molecule has 4 N–H and O–H groups in total. The number of urea groups is 1. The second kappa shape index (κ2) is 8.35. The number of nitrogens with two attached hydrogens (primary N) is 1. The van der Waals surface area contributed by atoms with E-state index in [2.05, 4.69) is 17.6 Å². The van der Waals surface area contributed by atoms with Gasteiger partial charge in [0.2, 0.25) is 0 Å². The van der Waals surface area contributed by atoms with E-state index in [1.165, 1.54) is 19.3 Å². The van der Waals surface area contributed by atoms with Crippen LogP contribution in [0.15, 0.2) is 0 Å². The van der Waals surface area contributed by atoms with Crippen LogP contribution in [0.5, 0.6) is 0 Å². The smallest absolute Gasteiger partial charge is 0.315 e. The van der Waals surface area contributed by atoms with Gasteiger partial charge in [0.15, 0.2) is 0 Å². The lowest BCUT2D eigenvalue weighted by molar-refractivity contribution is 0.227. The van der Waals surface area contributed by atoms with Gasteiger partial charge >= 0.3 is 6.03 Å². The highest BCUT2D eigenvalue weighted by Crippen LogP contribution is 2.26. The van der Waals surface area contributed by atoms with Gasteiger partial charge in [-0.3, -0.25) is 0 Å². The molecular formula is C14H27N3OS. The highest BCUT2D eigenvalue weighted by molar-refractivity contribution is 7.80. The monoisotopic (exact) mass is 285 g/mol. The maximum absolute atomic E-state index is 12.0. The van der Waals surface area contributed by atoms with Gasteiger partial charge in [-0.25, -0.2) is 4.79 Å². The number of carbonyl (C=O) groups excluding carboxylic acids is 1. The van der Waals surface area contributed by atoms with E-state index in [-0.39, 0.29) is 6.03 Å². The third-order valence-electron chi connectivity index (χ3n) is 3.85. The van der Waals surface area contributed by atoms with E-state index in [1.54, 1.807) is 0 Å². The van der Waals surface area contributed by atoms with Crippen LogP contribution in [0.1, 0.15) is 64.7 Å². The van der Waals surface area contributed by atoms with Crippen molar-refractivity contribution in [2.75, 3.05) is 6.54 Å². The average Bonchev–Trinajstić information content (AvgIpc) is 2.32. The first-order chi connectivity index (χ1) is 9.10. The summed E-state index contributed by atoms with van der Waals surface area (Å²) in [6.45, 7) is 2.81. The summed E-state index contributed by atoms with van der Waals surface area (Å²) in [5.74, 6) is 0. The van der Waals surface area contributed by atoms with Gasteiger partial charge in [0.1, 0.15) is 0 Å². The van der Waals surface area contributed by atoms with Gasteiger partial charge in [-0.2, -0.15) is 0 Å². The first kappa shape index (κ1) is 16.2. The molecule has 0 aromatic carbocycles. The van der Waals surface area contributed by atoms with Gasteiger partial charge in [0.05, 0.1) is 10.5 Å². The van der Waals surface area contributed by atoms with Crippen LogP contribution in [0.4, 0.5) is 4.79 Å². The lowest BCUT2D eigenvalue weighted by Crippen LogP contribution is -2.59. The van der Waals surface area contributed by atoms with Crippen molar-refractivity contribution in [2.45, 2.75) is 70.3 Å². The number of hydrogen-bond acceptors (Lipinski definition) is 2. The number of nitrogens with one attached hydrogen (secondary N) is 2. The molecule has 1 rings (SSSR count). The Balaban J connectivity index is 2.58. The lowest BCUT2D eigenvalue weighted by atomic mass is 9.84. The Morgan fingerprint density at radius 3 is 2.32 bits per heavy atom. The predicted octanol–water partition coefficient (Wildman–Crippen LogP) is 2.85. The molecule has 1 fully saturated rings. The molecule has 0 radical (unpaired) electrons. The molecule has 0 saturated heterocycles. The van der Waals surface area contributed by atoms with Crippen molar-refractivity contribution in [1.82, 2.24) is 10.6 Å². The minimum atomic E-state index is -0.480. The Hall–Kier alpha value is -0.840. The number of amides is 2. The summed E-state index contributed by atoms with van der Waals surface area (Å²) in [4.78, 5) is 12.4. The second-order valence-corrected chi connectivity index (χ2v) is 5.89. The number of carbonyl (C=O) groups is 1. The maximum Gasteiger partial charge on any atom is 0.315 e. The van der Waals surface area contributed by atoms with Crippen LogP contribution >= 0.6 is 12.2 Å². The third kappa shape index (κ3) is 5.35. The quantitative estimate of drug-likeness (QED) is 0.537. The molecule has 0 atom stereocenters. The van der Waals surface area contributed by atoms with Gasteiger partial charge in [-0.1, -0.05) is 57.7 Å². The van der Waals surface area contributed by atoms with E-state index in [0.29, 0.717) is 11.5 Å². The molecule has 5 heteroatoms. The molecule has 0 spiro atoms. The fraction of sp³-hybridized carbons (Fsp3) is 0.857. The number of hydrogen-bond donors (Lipinski definition) is 3. The van der Waals surface area contributed by atoms with Crippen LogP contribution in [-0.4, -0.2) is 23.1 Å². The van der Waals surface area contributed by atoms with Crippen LogP contribution in [0.2, 0.25) is 0 Å². The number of thiocarbonyl (C=S) groups is 1. The molecule has 4 nitrogen and oxygen atoms in total. The van der Waals surface area contributed by atoms with Gasteiger partial charge in [-0.05, 0) is 19.3 Å². The van der Waals surface area contributed by atoms with Crippen LogP contribution in [0.3, 0.4) is 0 Å². The van der Waals surface area contributed by atoms with Crippen molar-refractivity contribution >= 4 is 23.2 Å². The van der Waals surface area contributed by atoms with E-state index < -0.39 is 5.54 Å². The molecule has 110 valence electrons. The fourth-order valence-electron chi connectivity index (χ4n) is 2.58. The number of rotatable bonds is 5. The zero-order valence-corrected chi connectivity index (χ0v) is 12.8. The SMILES string of the molecule is CCCCNC(=O)NC1(C(N)=S)CCCCCCC1. The molecule has 0 aliphatic heterocycles. The van der Waals surface area contributed by atoms with Crippen molar-refractivity contribution in [3.8, 4) is 0 Å². The van der Waals surface area contributed by atoms with E-state index in [4.69, 9.17) is 18.0 Å².